The van der Waals surface area contributed by atoms with Crippen LogP contribution in [0.15, 0.2) is 52.4 Å². The lowest BCUT2D eigenvalue weighted by atomic mass is 10.1. The molecule has 0 spiro atoms. The van der Waals surface area contributed by atoms with Crippen LogP contribution in [-0.2, 0) is 37.3 Å². The number of fused-ring (bicyclic) bond motifs is 1. The molecular weight excluding hydrogens is 502 g/mol. The molecule has 0 aliphatic carbocycles. The number of unbranched alkanes of at least 4 members (excludes halogenated alkanes) is 1. The number of rotatable bonds is 8. The number of aromatic nitrogens is 1. The number of nitrogens with zero attached hydrogens (tertiary/aromatic N) is 3. The predicted octanol–water partition coefficient (Wildman–Crippen LogP) is 2.98. The first-order valence-corrected chi connectivity index (χ1v) is 14.0. The quantitative estimate of drug-likeness (QED) is 0.414. The molecule has 192 valence electrons. The van der Waals surface area contributed by atoms with Gasteiger partial charge in [0, 0.05) is 18.7 Å². The molecule has 36 heavy (non-hydrogen) atoms. The second kappa shape index (κ2) is 11.5. The molecular formula is C25H29N3O6S2. The van der Waals surface area contributed by atoms with Crippen molar-refractivity contribution in [2.45, 2.75) is 37.6 Å². The number of hydrogen-bond donors (Lipinski definition) is 0. The maximum Gasteiger partial charge on any atom is 0.325 e. The van der Waals surface area contributed by atoms with E-state index in [1.807, 2.05) is 12.1 Å². The van der Waals surface area contributed by atoms with Crippen molar-refractivity contribution in [1.29, 1.82) is 0 Å². The molecule has 0 bridgehead atoms. The summed E-state index contributed by atoms with van der Waals surface area (Å²) in [5.41, 5.74) is 2.23. The topological polar surface area (TPSA) is 107 Å². The smallest absolute Gasteiger partial charge is 0.325 e. The van der Waals surface area contributed by atoms with E-state index in [-0.39, 0.29) is 17.0 Å². The number of amides is 1. The van der Waals surface area contributed by atoms with Crippen LogP contribution in [-0.4, -0.2) is 62.6 Å². The SMILES string of the molecule is CCCCc1ccc2c(c1)sc(=NC(=O)c1ccc(S(=O)(=O)N3CCOCC3)cc1)n2CC(=O)OC. The number of carbonyl (C=O) groups is 2. The third-order valence-corrected chi connectivity index (χ3v) is 8.94. The maximum absolute atomic E-state index is 13.0. The van der Waals surface area contributed by atoms with Crippen molar-refractivity contribution in [2.75, 3.05) is 33.4 Å². The van der Waals surface area contributed by atoms with Crippen molar-refractivity contribution < 1.29 is 27.5 Å². The van der Waals surface area contributed by atoms with E-state index in [1.165, 1.54) is 52.6 Å². The third-order valence-electron chi connectivity index (χ3n) is 5.99. The molecule has 11 heteroatoms. The zero-order valence-corrected chi connectivity index (χ0v) is 21.9. The lowest BCUT2D eigenvalue weighted by Gasteiger charge is -2.26. The number of hydrogen-bond acceptors (Lipinski definition) is 7. The van der Waals surface area contributed by atoms with Crippen LogP contribution in [0.2, 0.25) is 0 Å². The van der Waals surface area contributed by atoms with Crippen LogP contribution in [0, 0.1) is 0 Å². The second-order valence-electron chi connectivity index (χ2n) is 8.41. The van der Waals surface area contributed by atoms with Crippen LogP contribution in [0.1, 0.15) is 35.7 Å². The van der Waals surface area contributed by atoms with Gasteiger partial charge in [0.05, 0.1) is 35.4 Å². The number of esters is 1. The zero-order valence-electron chi connectivity index (χ0n) is 20.3. The van der Waals surface area contributed by atoms with Gasteiger partial charge in [-0.15, -0.1) is 0 Å². The van der Waals surface area contributed by atoms with E-state index in [4.69, 9.17) is 9.47 Å². The minimum absolute atomic E-state index is 0.0757. The summed E-state index contributed by atoms with van der Waals surface area (Å²) in [7, 11) is -2.34. The summed E-state index contributed by atoms with van der Waals surface area (Å²) in [6, 6.07) is 11.8. The maximum atomic E-state index is 13.0. The fourth-order valence-electron chi connectivity index (χ4n) is 3.94. The van der Waals surface area contributed by atoms with Gasteiger partial charge >= 0.3 is 5.97 Å². The molecule has 1 aromatic heterocycles. The minimum Gasteiger partial charge on any atom is -0.468 e. The average Bonchev–Trinajstić information content (AvgIpc) is 3.23. The lowest BCUT2D eigenvalue weighted by molar-refractivity contribution is -0.141. The van der Waals surface area contributed by atoms with Crippen LogP contribution in [0.3, 0.4) is 0 Å². The van der Waals surface area contributed by atoms with E-state index in [9.17, 15) is 18.0 Å². The minimum atomic E-state index is -3.66. The normalized spacial score (nSPS) is 15.3. The van der Waals surface area contributed by atoms with E-state index < -0.39 is 21.9 Å². The van der Waals surface area contributed by atoms with Crippen molar-refractivity contribution in [3.63, 3.8) is 0 Å². The molecule has 1 amide bonds. The standard InChI is InChI=1S/C25H29N3O6S2/c1-3-4-5-18-6-11-21-22(16-18)35-25(28(21)17-23(29)33-2)26-24(30)19-7-9-20(10-8-19)36(31,32)27-12-14-34-15-13-27/h6-11,16H,3-5,12-15,17H2,1-2H3. The first-order chi connectivity index (χ1) is 17.3. The van der Waals surface area contributed by atoms with Crippen molar-refractivity contribution >= 4 is 43.5 Å². The Balaban J connectivity index is 1.66. The third kappa shape index (κ3) is 5.75. The summed E-state index contributed by atoms with van der Waals surface area (Å²) < 4.78 is 39.7. The van der Waals surface area contributed by atoms with E-state index in [0.29, 0.717) is 31.1 Å². The molecule has 9 nitrogen and oxygen atoms in total. The van der Waals surface area contributed by atoms with Crippen LogP contribution in [0.5, 0.6) is 0 Å². The Labute approximate surface area is 214 Å². The lowest BCUT2D eigenvalue weighted by Crippen LogP contribution is -2.40. The number of ether oxygens (including phenoxy) is 2. The number of sulfonamides is 1. The highest BCUT2D eigenvalue weighted by atomic mass is 32.2. The van der Waals surface area contributed by atoms with Crippen LogP contribution in [0.25, 0.3) is 10.2 Å². The Morgan fingerprint density at radius 3 is 2.50 bits per heavy atom. The van der Waals surface area contributed by atoms with Crippen molar-refractivity contribution in [3.05, 3.63) is 58.4 Å². The molecule has 4 rings (SSSR count). The molecule has 1 fully saturated rings. The highest BCUT2D eigenvalue weighted by Gasteiger charge is 2.26. The molecule has 0 atom stereocenters. The molecule has 2 aromatic carbocycles. The van der Waals surface area contributed by atoms with Gasteiger partial charge < -0.3 is 14.0 Å². The molecule has 0 radical (unpaired) electrons. The van der Waals surface area contributed by atoms with Crippen molar-refractivity contribution in [2.24, 2.45) is 4.99 Å². The summed E-state index contributed by atoms with van der Waals surface area (Å²) in [5, 5.41) is 0. The van der Waals surface area contributed by atoms with Crippen LogP contribution >= 0.6 is 11.3 Å². The molecule has 0 unspecified atom stereocenters. The van der Waals surface area contributed by atoms with E-state index >= 15 is 0 Å². The van der Waals surface area contributed by atoms with Gasteiger partial charge in [0.1, 0.15) is 6.54 Å². The Morgan fingerprint density at radius 1 is 1.11 bits per heavy atom. The van der Waals surface area contributed by atoms with E-state index in [1.54, 1.807) is 4.57 Å². The summed E-state index contributed by atoms with van der Waals surface area (Å²) in [5.74, 6) is -0.974. The molecule has 1 saturated heterocycles. The van der Waals surface area contributed by atoms with Crippen LogP contribution < -0.4 is 4.80 Å². The number of benzene rings is 2. The molecule has 1 aliphatic rings. The van der Waals surface area contributed by atoms with Crippen molar-refractivity contribution in [3.8, 4) is 0 Å². The number of methoxy groups -OCH3 is 1. The van der Waals surface area contributed by atoms with Crippen LogP contribution in [0.4, 0.5) is 0 Å². The van der Waals surface area contributed by atoms with Gasteiger partial charge in [-0.2, -0.15) is 9.30 Å². The average molecular weight is 532 g/mol. The number of morpholine rings is 1. The highest BCUT2D eigenvalue weighted by Crippen LogP contribution is 2.21. The number of carbonyl (C=O) groups excluding carboxylic acids is 2. The monoisotopic (exact) mass is 531 g/mol. The van der Waals surface area contributed by atoms with Crippen molar-refractivity contribution in [1.82, 2.24) is 8.87 Å². The van der Waals surface area contributed by atoms with E-state index in [2.05, 4.69) is 18.0 Å². The zero-order chi connectivity index (χ0) is 25.7. The fourth-order valence-corrected chi connectivity index (χ4v) is 6.44. The fraction of sp³-hybridized carbons (Fsp3) is 0.400. The summed E-state index contributed by atoms with van der Waals surface area (Å²) in [6.07, 6.45) is 3.12. The molecule has 2 heterocycles. The number of aryl methyl sites for hydroxylation is 1. The van der Waals surface area contributed by atoms with Gasteiger partial charge in [0.2, 0.25) is 10.0 Å². The molecule has 0 N–H and O–H groups in total. The molecule has 0 saturated carbocycles. The van der Waals surface area contributed by atoms with Gasteiger partial charge in [0.25, 0.3) is 5.91 Å². The van der Waals surface area contributed by atoms with Gasteiger partial charge in [-0.1, -0.05) is 30.7 Å². The van der Waals surface area contributed by atoms with Gasteiger partial charge in [-0.25, -0.2) is 8.42 Å². The summed E-state index contributed by atoms with van der Waals surface area (Å²) in [4.78, 5) is 29.8. The summed E-state index contributed by atoms with van der Waals surface area (Å²) in [6.45, 7) is 3.37. The largest absolute Gasteiger partial charge is 0.468 e. The first kappa shape index (κ1) is 26.2. The van der Waals surface area contributed by atoms with Gasteiger partial charge in [-0.05, 0) is 54.8 Å². The Kier molecular flexibility index (Phi) is 8.35. The Morgan fingerprint density at radius 2 is 1.83 bits per heavy atom. The number of thiazole rings is 1. The Hall–Kier alpha value is -2.86. The Bertz CT molecular complexity index is 1420. The van der Waals surface area contributed by atoms with Gasteiger partial charge in [0.15, 0.2) is 4.80 Å². The van der Waals surface area contributed by atoms with E-state index in [0.717, 1.165) is 29.5 Å². The second-order valence-corrected chi connectivity index (χ2v) is 11.4. The summed E-state index contributed by atoms with van der Waals surface area (Å²) >= 11 is 1.33. The first-order valence-electron chi connectivity index (χ1n) is 11.8. The molecule has 1 aliphatic heterocycles. The van der Waals surface area contributed by atoms with Gasteiger partial charge in [-0.3, -0.25) is 9.59 Å². The molecule has 3 aromatic rings. The highest BCUT2D eigenvalue weighted by molar-refractivity contribution is 7.89. The predicted molar refractivity (Wildman–Crippen MR) is 136 cm³/mol.